The van der Waals surface area contributed by atoms with Gasteiger partial charge in [0.25, 0.3) is 0 Å². The third-order valence-electron chi connectivity index (χ3n) is 3.16. The monoisotopic (exact) mass is 313 g/mol. The highest BCUT2D eigenvalue weighted by atomic mass is 19.1. The van der Waals surface area contributed by atoms with E-state index in [4.69, 9.17) is 0 Å². The van der Waals surface area contributed by atoms with Crippen LogP contribution in [0, 0.1) is 5.82 Å². The van der Waals surface area contributed by atoms with Gasteiger partial charge in [-0.3, -0.25) is 4.79 Å². The molecule has 3 aromatic rings. The number of aliphatic hydroxyl groups excluding tert-OH is 1. The number of carbonyl (C=O) groups excluding carboxylic acids is 1. The fraction of sp³-hybridized carbons (Fsp3) is 0.0667. The van der Waals surface area contributed by atoms with Crippen molar-refractivity contribution in [2.45, 2.75) is 6.54 Å². The second kappa shape index (κ2) is 6.22. The number of aromatic amines is 1. The molecule has 0 saturated carbocycles. The van der Waals surface area contributed by atoms with Gasteiger partial charge in [-0.25, -0.2) is 4.39 Å². The van der Waals surface area contributed by atoms with E-state index in [0.29, 0.717) is 12.1 Å². The van der Waals surface area contributed by atoms with E-state index in [-0.39, 0.29) is 23.2 Å². The summed E-state index contributed by atoms with van der Waals surface area (Å²) in [6, 6.07) is 7.76. The molecule has 0 aliphatic rings. The van der Waals surface area contributed by atoms with Crippen molar-refractivity contribution in [3.63, 3.8) is 0 Å². The Morgan fingerprint density at radius 2 is 2.09 bits per heavy atom. The molecule has 0 fully saturated rings. The smallest absolute Gasteiger partial charge is 0.239 e. The molecule has 2 aromatic heterocycles. The molecule has 0 aliphatic heterocycles. The van der Waals surface area contributed by atoms with Crippen LogP contribution >= 0.6 is 0 Å². The second-order valence-corrected chi connectivity index (χ2v) is 4.83. The van der Waals surface area contributed by atoms with Crippen molar-refractivity contribution in [3.8, 4) is 0 Å². The zero-order valence-electron chi connectivity index (χ0n) is 11.8. The number of aliphatic hydroxyl groups is 1. The average molecular weight is 313 g/mol. The summed E-state index contributed by atoms with van der Waals surface area (Å²) >= 11 is 0. The van der Waals surface area contributed by atoms with Crippen LogP contribution < -0.4 is 0 Å². The van der Waals surface area contributed by atoms with Gasteiger partial charge in [0.1, 0.15) is 5.82 Å². The second-order valence-electron chi connectivity index (χ2n) is 4.83. The highest BCUT2D eigenvalue weighted by Gasteiger charge is 2.10. The van der Waals surface area contributed by atoms with Gasteiger partial charge in [-0.2, -0.15) is 5.21 Å². The number of ketones is 1. The molecule has 0 radical (unpaired) electrons. The number of benzene rings is 1. The Labute approximate surface area is 130 Å². The Morgan fingerprint density at radius 3 is 2.78 bits per heavy atom. The number of aromatic nitrogens is 5. The van der Waals surface area contributed by atoms with E-state index >= 15 is 0 Å². The zero-order chi connectivity index (χ0) is 16.2. The molecule has 0 saturated heterocycles. The van der Waals surface area contributed by atoms with E-state index in [9.17, 15) is 14.3 Å². The first kappa shape index (κ1) is 14.6. The number of allylic oxidation sites excluding steroid dienone is 1. The molecule has 2 N–H and O–H groups in total. The lowest BCUT2D eigenvalue weighted by molar-refractivity contribution is 0.104. The first-order valence-electron chi connectivity index (χ1n) is 6.71. The highest BCUT2D eigenvalue weighted by Crippen LogP contribution is 2.11. The summed E-state index contributed by atoms with van der Waals surface area (Å²) in [5.41, 5.74) is 1.31. The molecule has 0 aliphatic carbocycles. The van der Waals surface area contributed by atoms with E-state index < -0.39 is 0 Å². The topological polar surface area (TPSA) is 96.7 Å². The maximum atomic E-state index is 12.9. The maximum absolute atomic E-state index is 12.9. The fourth-order valence-electron chi connectivity index (χ4n) is 2.03. The van der Waals surface area contributed by atoms with Crippen molar-refractivity contribution in [3.05, 3.63) is 71.6 Å². The van der Waals surface area contributed by atoms with Crippen LogP contribution in [0.15, 0.2) is 48.8 Å². The van der Waals surface area contributed by atoms with Crippen molar-refractivity contribution in [1.82, 2.24) is 25.2 Å². The van der Waals surface area contributed by atoms with Gasteiger partial charge < -0.3 is 9.67 Å². The predicted octanol–water partition coefficient (Wildman–Crippen LogP) is 1.97. The average Bonchev–Trinajstić information content (AvgIpc) is 3.21. The van der Waals surface area contributed by atoms with Gasteiger partial charge in [0.05, 0.1) is 0 Å². The molecule has 23 heavy (non-hydrogen) atoms. The van der Waals surface area contributed by atoms with Crippen LogP contribution in [-0.2, 0) is 6.54 Å². The van der Waals surface area contributed by atoms with Gasteiger partial charge in [-0.15, -0.1) is 10.2 Å². The van der Waals surface area contributed by atoms with Crippen molar-refractivity contribution in [2.24, 2.45) is 0 Å². The van der Waals surface area contributed by atoms with Crippen LogP contribution in [0.5, 0.6) is 0 Å². The summed E-state index contributed by atoms with van der Waals surface area (Å²) in [6.45, 7) is 0.508. The van der Waals surface area contributed by atoms with Crippen molar-refractivity contribution in [2.75, 3.05) is 0 Å². The number of tetrazole rings is 1. The molecule has 116 valence electrons. The van der Waals surface area contributed by atoms with Crippen LogP contribution in [0.25, 0.3) is 5.76 Å². The number of nitrogens with one attached hydrogen (secondary N) is 1. The Balaban J connectivity index is 1.72. The normalized spacial score (nSPS) is 11.6. The fourth-order valence-corrected chi connectivity index (χ4v) is 2.03. The van der Waals surface area contributed by atoms with E-state index in [1.807, 2.05) is 0 Å². The first-order valence-corrected chi connectivity index (χ1v) is 6.71. The largest absolute Gasteiger partial charge is 0.504 e. The summed E-state index contributed by atoms with van der Waals surface area (Å²) < 4.78 is 14.7. The molecule has 0 bridgehead atoms. The summed E-state index contributed by atoms with van der Waals surface area (Å²) in [5, 5.41) is 22.4. The Hall–Kier alpha value is -3.29. The lowest BCUT2D eigenvalue weighted by Crippen LogP contribution is -1.99. The lowest BCUT2D eigenvalue weighted by atomic mass is 10.2. The van der Waals surface area contributed by atoms with Crippen molar-refractivity contribution in [1.29, 1.82) is 0 Å². The number of hydrogen-bond donors (Lipinski definition) is 2. The molecule has 1 aromatic carbocycles. The number of halogens is 1. The quantitative estimate of drug-likeness (QED) is 0.426. The number of nitrogens with zero attached hydrogens (tertiary/aromatic N) is 4. The predicted molar refractivity (Wildman–Crippen MR) is 79.0 cm³/mol. The van der Waals surface area contributed by atoms with Crippen LogP contribution in [-0.4, -0.2) is 36.1 Å². The van der Waals surface area contributed by atoms with Crippen LogP contribution in [0.2, 0.25) is 0 Å². The van der Waals surface area contributed by atoms with Gasteiger partial charge in [-0.05, 0) is 29.0 Å². The number of hydrogen-bond acceptors (Lipinski definition) is 5. The van der Waals surface area contributed by atoms with E-state index in [1.165, 1.54) is 12.1 Å². The van der Waals surface area contributed by atoms with E-state index in [0.717, 1.165) is 11.6 Å². The molecule has 0 spiro atoms. The third kappa shape index (κ3) is 3.49. The van der Waals surface area contributed by atoms with Crippen molar-refractivity contribution < 1.29 is 14.3 Å². The highest BCUT2D eigenvalue weighted by molar-refractivity contribution is 6.07. The number of rotatable bonds is 5. The standard InChI is InChI=1S/C15H12FN5O2/c16-12-3-1-10(2-4-12)8-21-6-5-11(9-21)13(22)7-14(23)15-17-19-20-18-15/h1-7,9,23H,8H2,(H,17,18,19,20). The minimum Gasteiger partial charge on any atom is -0.504 e. The molecular formula is C15H12FN5O2. The van der Waals surface area contributed by atoms with Gasteiger partial charge >= 0.3 is 0 Å². The van der Waals surface area contributed by atoms with Gasteiger partial charge in [0.15, 0.2) is 11.5 Å². The minimum atomic E-state index is -0.384. The molecule has 3 rings (SSSR count). The molecule has 2 heterocycles. The first-order chi connectivity index (χ1) is 11.1. The van der Waals surface area contributed by atoms with Crippen LogP contribution in [0.1, 0.15) is 21.7 Å². The number of carbonyl (C=O) groups is 1. The SMILES string of the molecule is O=C(C=C(O)c1nn[nH]n1)c1ccn(Cc2ccc(F)cc2)c1. The molecule has 0 amide bonds. The Bertz CT molecular complexity index is 837. The number of H-pyrrole nitrogens is 1. The van der Waals surface area contributed by atoms with E-state index in [2.05, 4.69) is 20.6 Å². The summed E-state index contributed by atoms with van der Waals surface area (Å²) in [5.74, 6) is -1.09. The van der Waals surface area contributed by atoms with E-state index in [1.54, 1.807) is 35.2 Å². The van der Waals surface area contributed by atoms with Crippen LogP contribution in [0.3, 0.4) is 0 Å². The Morgan fingerprint density at radius 1 is 1.30 bits per heavy atom. The lowest BCUT2D eigenvalue weighted by Gasteiger charge is -2.02. The molecule has 0 unspecified atom stereocenters. The van der Waals surface area contributed by atoms with Gasteiger partial charge in [0, 0.05) is 30.6 Å². The molecular weight excluding hydrogens is 301 g/mol. The van der Waals surface area contributed by atoms with Crippen LogP contribution in [0.4, 0.5) is 4.39 Å². The minimum absolute atomic E-state index is 0.0518. The van der Waals surface area contributed by atoms with Gasteiger partial charge in [-0.1, -0.05) is 12.1 Å². The summed E-state index contributed by atoms with van der Waals surface area (Å²) in [6.07, 6.45) is 4.41. The summed E-state index contributed by atoms with van der Waals surface area (Å²) in [7, 11) is 0. The zero-order valence-corrected chi connectivity index (χ0v) is 11.8. The van der Waals surface area contributed by atoms with Gasteiger partial charge in [0.2, 0.25) is 5.82 Å². The Kier molecular flexibility index (Phi) is 3.96. The molecule has 8 heteroatoms. The molecule has 7 nitrogen and oxygen atoms in total. The maximum Gasteiger partial charge on any atom is 0.239 e. The third-order valence-corrected chi connectivity index (χ3v) is 3.16. The summed E-state index contributed by atoms with van der Waals surface area (Å²) in [4.78, 5) is 12.1. The van der Waals surface area contributed by atoms with Crippen molar-refractivity contribution >= 4 is 11.5 Å². The molecule has 0 atom stereocenters.